The highest BCUT2D eigenvalue weighted by Crippen LogP contribution is 2.32. The number of halogens is 1. The van der Waals surface area contributed by atoms with E-state index in [1.165, 1.54) is 31.3 Å². The van der Waals surface area contributed by atoms with Gasteiger partial charge in [0.15, 0.2) is 11.5 Å². The van der Waals surface area contributed by atoms with Crippen LogP contribution in [0.25, 0.3) is 0 Å². The van der Waals surface area contributed by atoms with Gasteiger partial charge in [0.2, 0.25) is 21.8 Å². The Hall–Kier alpha value is -3.76. The molecule has 0 saturated carbocycles. The molecule has 3 rings (SSSR count). The number of hydrogen-bond donors (Lipinski definition) is 1. The number of hydrogen-bond acceptors (Lipinski definition) is 6. The first kappa shape index (κ1) is 32.8. The van der Waals surface area contributed by atoms with Gasteiger partial charge in [-0.2, -0.15) is 0 Å². The van der Waals surface area contributed by atoms with Crippen molar-refractivity contribution in [3.63, 3.8) is 0 Å². The van der Waals surface area contributed by atoms with Gasteiger partial charge in [0.05, 0.1) is 26.2 Å². The Bertz CT molecular complexity index is 1470. The number of ether oxygens (including phenoxy) is 2. The maximum absolute atomic E-state index is 14.2. The fourth-order valence-corrected chi connectivity index (χ4v) is 5.35. The number of benzene rings is 3. The number of nitrogens with one attached hydrogen (secondary N) is 1. The van der Waals surface area contributed by atoms with Gasteiger partial charge < -0.3 is 19.7 Å². The summed E-state index contributed by atoms with van der Waals surface area (Å²) in [5, 5.41) is 3.52. The van der Waals surface area contributed by atoms with Gasteiger partial charge in [-0.3, -0.25) is 13.9 Å². The Morgan fingerprint density at radius 1 is 0.905 bits per heavy atom. The quantitative estimate of drug-likeness (QED) is 0.317. The van der Waals surface area contributed by atoms with E-state index in [1.807, 2.05) is 51.1 Å². The Labute approximate surface area is 253 Å². The van der Waals surface area contributed by atoms with Crippen molar-refractivity contribution in [3.05, 3.63) is 88.9 Å². The van der Waals surface area contributed by atoms with Crippen LogP contribution >= 0.6 is 11.6 Å². The van der Waals surface area contributed by atoms with E-state index in [2.05, 4.69) is 5.32 Å². The molecule has 0 bridgehead atoms. The van der Waals surface area contributed by atoms with Crippen LogP contribution in [0.3, 0.4) is 0 Å². The highest BCUT2D eigenvalue weighted by Gasteiger charge is 2.34. The Morgan fingerprint density at radius 2 is 1.52 bits per heavy atom. The molecule has 1 atom stereocenters. The summed E-state index contributed by atoms with van der Waals surface area (Å²) in [7, 11) is -1.02. The van der Waals surface area contributed by atoms with Crippen LogP contribution in [-0.4, -0.2) is 63.7 Å². The average molecular weight is 616 g/mol. The van der Waals surface area contributed by atoms with E-state index in [1.54, 1.807) is 30.3 Å². The number of methoxy groups -OCH3 is 2. The zero-order chi connectivity index (χ0) is 31.1. The molecule has 0 saturated heterocycles. The summed E-state index contributed by atoms with van der Waals surface area (Å²) in [6, 6.07) is 20.0. The minimum Gasteiger partial charge on any atom is -0.493 e. The van der Waals surface area contributed by atoms with Crippen LogP contribution in [0, 0.1) is 0 Å². The van der Waals surface area contributed by atoms with Crippen molar-refractivity contribution in [3.8, 4) is 11.5 Å². The lowest BCUT2D eigenvalue weighted by molar-refractivity contribution is -0.140. The molecule has 0 fully saturated rings. The van der Waals surface area contributed by atoms with Gasteiger partial charge in [-0.25, -0.2) is 8.42 Å². The van der Waals surface area contributed by atoms with Gasteiger partial charge in [-0.15, -0.1) is 0 Å². The van der Waals surface area contributed by atoms with Crippen molar-refractivity contribution in [1.29, 1.82) is 0 Å². The van der Waals surface area contributed by atoms with E-state index >= 15 is 0 Å². The summed E-state index contributed by atoms with van der Waals surface area (Å²) in [6.07, 6.45) is 1.24. The van der Waals surface area contributed by atoms with Crippen LogP contribution in [-0.2, 0) is 32.6 Å². The van der Waals surface area contributed by atoms with Crippen molar-refractivity contribution in [2.24, 2.45) is 0 Å². The lowest BCUT2D eigenvalue weighted by Gasteiger charge is -2.35. The van der Waals surface area contributed by atoms with Crippen molar-refractivity contribution in [2.75, 3.05) is 31.3 Å². The molecule has 42 heavy (non-hydrogen) atoms. The monoisotopic (exact) mass is 615 g/mol. The van der Waals surface area contributed by atoms with Crippen LogP contribution in [0.5, 0.6) is 11.5 Å². The molecule has 3 aromatic rings. The normalized spacial score (nSPS) is 12.3. The van der Waals surface area contributed by atoms with Crippen LogP contribution in [0.2, 0.25) is 5.02 Å². The van der Waals surface area contributed by atoms with E-state index in [0.29, 0.717) is 16.5 Å². The largest absolute Gasteiger partial charge is 0.493 e. The molecule has 11 heteroatoms. The van der Waals surface area contributed by atoms with E-state index in [9.17, 15) is 18.0 Å². The maximum atomic E-state index is 14.2. The molecule has 0 aliphatic carbocycles. The SMILES string of the molecule is COc1ccc(N(CC(=O)N(Cc2ccc(Cl)cc2)[C@@H](Cc2ccccc2)C(=O)NC(C)(C)C)S(C)(=O)=O)cc1OC. The predicted octanol–water partition coefficient (Wildman–Crippen LogP) is 4.68. The summed E-state index contributed by atoms with van der Waals surface area (Å²) in [4.78, 5) is 29.4. The maximum Gasteiger partial charge on any atom is 0.244 e. The summed E-state index contributed by atoms with van der Waals surface area (Å²) < 4.78 is 37.7. The molecule has 0 aromatic heterocycles. The molecule has 226 valence electrons. The van der Waals surface area contributed by atoms with Gasteiger partial charge in [0.1, 0.15) is 12.6 Å². The van der Waals surface area contributed by atoms with Gasteiger partial charge in [-0.1, -0.05) is 54.1 Å². The lowest BCUT2D eigenvalue weighted by atomic mass is 10.0. The number of carbonyl (C=O) groups is 2. The Balaban J connectivity index is 2.09. The third-order valence-electron chi connectivity index (χ3n) is 6.37. The highest BCUT2D eigenvalue weighted by molar-refractivity contribution is 7.92. The van der Waals surface area contributed by atoms with Gasteiger partial charge >= 0.3 is 0 Å². The number of nitrogens with zero attached hydrogens (tertiary/aromatic N) is 2. The van der Waals surface area contributed by atoms with Gasteiger partial charge in [-0.05, 0) is 56.2 Å². The minimum absolute atomic E-state index is 0.0502. The second-order valence-corrected chi connectivity index (χ2v) is 13.2. The first-order valence-corrected chi connectivity index (χ1v) is 15.5. The van der Waals surface area contributed by atoms with Crippen LogP contribution < -0.4 is 19.1 Å². The minimum atomic E-state index is -3.93. The fraction of sp³-hybridized carbons (Fsp3) is 0.355. The van der Waals surface area contributed by atoms with E-state index < -0.39 is 34.1 Å². The number of amides is 2. The van der Waals surface area contributed by atoms with Crippen molar-refractivity contribution in [2.45, 2.75) is 45.3 Å². The summed E-state index contributed by atoms with van der Waals surface area (Å²) >= 11 is 6.10. The zero-order valence-corrected chi connectivity index (χ0v) is 26.3. The van der Waals surface area contributed by atoms with Gasteiger partial charge in [0.25, 0.3) is 0 Å². The molecule has 1 N–H and O–H groups in total. The Kier molecular flexibility index (Phi) is 10.9. The molecule has 3 aromatic carbocycles. The topological polar surface area (TPSA) is 105 Å². The molecule has 0 heterocycles. The lowest BCUT2D eigenvalue weighted by Crippen LogP contribution is -2.56. The molecule has 0 unspecified atom stereocenters. The number of anilines is 1. The molecule has 2 amide bonds. The highest BCUT2D eigenvalue weighted by atomic mass is 35.5. The van der Waals surface area contributed by atoms with E-state index in [-0.39, 0.29) is 24.6 Å². The molecule has 9 nitrogen and oxygen atoms in total. The number of carbonyl (C=O) groups excluding carboxylic acids is 2. The molecule has 0 spiro atoms. The van der Waals surface area contributed by atoms with Crippen molar-refractivity contribution >= 4 is 39.1 Å². The molecular formula is C31H38ClN3O6S. The van der Waals surface area contributed by atoms with Crippen molar-refractivity contribution in [1.82, 2.24) is 10.2 Å². The third-order valence-corrected chi connectivity index (χ3v) is 7.76. The summed E-state index contributed by atoms with van der Waals surface area (Å²) in [5.41, 5.74) is 1.22. The Morgan fingerprint density at radius 3 is 2.07 bits per heavy atom. The van der Waals surface area contributed by atoms with Crippen LogP contribution in [0.15, 0.2) is 72.8 Å². The first-order valence-electron chi connectivity index (χ1n) is 13.3. The first-order chi connectivity index (χ1) is 19.7. The third kappa shape index (κ3) is 9.12. The smallest absolute Gasteiger partial charge is 0.244 e. The molecule has 0 aliphatic heterocycles. The van der Waals surface area contributed by atoms with Crippen LogP contribution in [0.4, 0.5) is 5.69 Å². The number of rotatable bonds is 12. The molecule has 0 aliphatic rings. The summed E-state index contributed by atoms with van der Waals surface area (Å²) in [5.74, 6) is -0.200. The van der Waals surface area contributed by atoms with Crippen molar-refractivity contribution < 1.29 is 27.5 Å². The van der Waals surface area contributed by atoms with Gasteiger partial charge in [0, 0.05) is 29.6 Å². The van der Waals surface area contributed by atoms with E-state index in [0.717, 1.165) is 21.7 Å². The number of sulfonamides is 1. The standard InChI is InChI=1S/C31H38ClN3O6S/c1-31(2,3)33-30(37)26(18-22-10-8-7-9-11-22)34(20-23-12-14-24(32)15-13-23)29(36)21-35(42(6,38)39)25-16-17-27(40-4)28(19-25)41-5/h7-17,19,26H,18,20-21H2,1-6H3,(H,33,37)/t26-/m0/s1. The predicted molar refractivity (Wildman–Crippen MR) is 166 cm³/mol. The van der Waals surface area contributed by atoms with E-state index in [4.69, 9.17) is 21.1 Å². The van der Waals surface area contributed by atoms with Crippen LogP contribution in [0.1, 0.15) is 31.9 Å². The zero-order valence-electron chi connectivity index (χ0n) is 24.8. The summed E-state index contributed by atoms with van der Waals surface area (Å²) in [6.45, 7) is 5.08. The second-order valence-electron chi connectivity index (χ2n) is 10.9. The molecular weight excluding hydrogens is 578 g/mol. The fourth-order valence-electron chi connectivity index (χ4n) is 4.39. The average Bonchev–Trinajstić information content (AvgIpc) is 2.93. The second kappa shape index (κ2) is 13.9. The molecule has 0 radical (unpaired) electrons.